The van der Waals surface area contributed by atoms with Gasteiger partial charge in [0.05, 0.1) is 0 Å². The summed E-state index contributed by atoms with van der Waals surface area (Å²) in [5.74, 6) is 0. The molecule has 0 aliphatic heterocycles. The van der Waals surface area contributed by atoms with Crippen LogP contribution in [0.1, 0.15) is 84.5 Å². The molecule has 0 aromatic rings. The summed E-state index contributed by atoms with van der Waals surface area (Å²) in [5, 5.41) is 0. The lowest BCUT2D eigenvalue weighted by atomic mass is 10.1. The van der Waals surface area contributed by atoms with E-state index in [2.05, 4.69) is 38.4 Å². The van der Waals surface area contributed by atoms with Gasteiger partial charge in [0.1, 0.15) is 8.07 Å². The molecule has 0 aliphatic rings. The zero-order valence-electron chi connectivity index (χ0n) is 14.3. The Morgan fingerprint density at radius 3 is 1.30 bits per heavy atom. The second kappa shape index (κ2) is 13.7. The van der Waals surface area contributed by atoms with Crippen molar-refractivity contribution >= 4 is 8.07 Å². The largest absolute Gasteiger partial charge is 0.107 e. The second-order valence-corrected chi connectivity index (χ2v) is 10.6. The molecule has 0 heterocycles. The van der Waals surface area contributed by atoms with Gasteiger partial charge in [-0.25, -0.2) is 0 Å². The molecule has 0 radical (unpaired) electrons. The first-order valence-electron chi connectivity index (χ1n) is 9.02. The molecule has 0 aromatic carbocycles. The molecule has 0 nitrogen and oxygen atoms in total. The average Bonchev–Trinajstić information content (AvgIpc) is 2.48. The van der Waals surface area contributed by atoms with Crippen LogP contribution >= 0.6 is 0 Å². The van der Waals surface area contributed by atoms with Crippen LogP contribution in [0.15, 0.2) is 24.6 Å². The summed E-state index contributed by atoms with van der Waals surface area (Å²) < 4.78 is 0. The molecule has 0 fully saturated rings. The Morgan fingerprint density at radius 2 is 0.950 bits per heavy atom. The van der Waals surface area contributed by atoms with Crippen molar-refractivity contribution in [2.75, 3.05) is 0 Å². The highest BCUT2D eigenvalue weighted by atomic mass is 28.3. The quantitative estimate of drug-likeness (QED) is 0.221. The fourth-order valence-corrected chi connectivity index (χ4v) is 5.96. The van der Waals surface area contributed by atoms with Crippen LogP contribution in [-0.2, 0) is 0 Å². The molecule has 0 saturated heterocycles. The van der Waals surface area contributed by atoms with Gasteiger partial charge in [-0.05, 0) is 0 Å². The van der Waals surface area contributed by atoms with Crippen LogP contribution in [0.25, 0.3) is 0 Å². The van der Waals surface area contributed by atoms with Crippen LogP contribution in [0, 0.1) is 0 Å². The van der Waals surface area contributed by atoms with Crippen LogP contribution in [0.2, 0.25) is 12.1 Å². The Labute approximate surface area is 129 Å². The van der Waals surface area contributed by atoms with Crippen molar-refractivity contribution in [3.8, 4) is 0 Å². The minimum Gasteiger partial charge on any atom is -0.107 e. The van der Waals surface area contributed by atoms with E-state index in [0.717, 1.165) is 0 Å². The minimum absolute atomic E-state index is 1.34. The molecule has 0 saturated carbocycles. The zero-order valence-corrected chi connectivity index (χ0v) is 15.3. The smallest absolute Gasteiger partial charge is 0.100 e. The summed E-state index contributed by atoms with van der Waals surface area (Å²) in [5.41, 5.74) is 4.59. The molecule has 0 aliphatic carbocycles. The van der Waals surface area contributed by atoms with Crippen LogP contribution in [0.4, 0.5) is 0 Å². The lowest BCUT2D eigenvalue weighted by Crippen LogP contribution is -2.29. The molecular weight excluding hydrogens is 256 g/mol. The maximum absolute atomic E-state index is 4.14. The standard InChI is InChI=1S/C19H38Si/c1-5-9-11-13-15-17-19-20(7-3,8-4)18-16-14-12-10-6-2/h7-8H,3-6,9-19H2,1-2H3. The van der Waals surface area contributed by atoms with Crippen molar-refractivity contribution in [2.24, 2.45) is 0 Å². The SMILES string of the molecule is C=C[Si](C=C)(CCCCCCC)CCCCCCCC. The summed E-state index contributed by atoms with van der Waals surface area (Å²) in [4.78, 5) is 0. The molecule has 0 atom stereocenters. The van der Waals surface area contributed by atoms with Gasteiger partial charge in [0.25, 0.3) is 0 Å². The molecule has 0 spiro atoms. The van der Waals surface area contributed by atoms with Gasteiger partial charge < -0.3 is 0 Å². The normalized spacial score (nSPS) is 11.5. The maximum atomic E-state index is 4.14. The summed E-state index contributed by atoms with van der Waals surface area (Å²) in [6, 6.07) is 2.78. The Morgan fingerprint density at radius 1 is 0.600 bits per heavy atom. The van der Waals surface area contributed by atoms with E-state index >= 15 is 0 Å². The molecule has 0 amide bonds. The molecule has 0 bridgehead atoms. The number of hydrogen-bond acceptors (Lipinski definition) is 0. The first kappa shape index (κ1) is 19.7. The van der Waals surface area contributed by atoms with Crippen LogP contribution in [0.3, 0.4) is 0 Å². The van der Waals surface area contributed by atoms with Gasteiger partial charge >= 0.3 is 0 Å². The predicted molar refractivity (Wildman–Crippen MR) is 97.9 cm³/mol. The van der Waals surface area contributed by atoms with E-state index in [9.17, 15) is 0 Å². The fourth-order valence-electron chi connectivity index (χ4n) is 2.91. The zero-order chi connectivity index (χ0) is 15.1. The lowest BCUT2D eigenvalue weighted by molar-refractivity contribution is 0.621. The van der Waals surface area contributed by atoms with Gasteiger partial charge in [0, 0.05) is 0 Å². The van der Waals surface area contributed by atoms with Crippen molar-refractivity contribution < 1.29 is 0 Å². The van der Waals surface area contributed by atoms with E-state index in [-0.39, 0.29) is 0 Å². The van der Waals surface area contributed by atoms with Gasteiger partial charge in [-0.2, -0.15) is 0 Å². The molecule has 0 aromatic heterocycles. The van der Waals surface area contributed by atoms with Crippen molar-refractivity contribution in [1.82, 2.24) is 0 Å². The Hall–Kier alpha value is -0.303. The second-order valence-electron chi connectivity index (χ2n) is 6.32. The first-order chi connectivity index (χ1) is 9.74. The maximum Gasteiger partial charge on any atom is 0.100 e. The third-order valence-corrected chi connectivity index (χ3v) is 8.75. The van der Waals surface area contributed by atoms with Crippen LogP contribution in [-0.4, -0.2) is 8.07 Å². The molecular formula is C19H38Si. The van der Waals surface area contributed by atoms with Gasteiger partial charge in [0.2, 0.25) is 0 Å². The van der Waals surface area contributed by atoms with E-state index < -0.39 is 8.07 Å². The molecule has 1 heteroatoms. The highest BCUT2D eigenvalue weighted by molar-refractivity contribution is 6.88. The topological polar surface area (TPSA) is 0 Å². The summed E-state index contributed by atoms with van der Waals surface area (Å²) in [6.07, 6.45) is 15.3. The van der Waals surface area contributed by atoms with Crippen LogP contribution in [0.5, 0.6) is 0 Å². The first-order valence-corrected chi connectivity index (χ1v) is 11.6. The van der Waals surface area contributed by atoms with E-state index in [1.165, 1.54) is 82.7 Å². The summed E-state index contributed by atoms with van der Waals surface area (Å²) in [7, 11) is -1.34. The summed E-state index contributed by atoms with van der Waals surface area (Å²) >= 11 is 0. The minimum atomic E-state index is -1.34. The monoisotopic (exact) mass is 294 g/mol. The average molecular weight is 295 g/mol. The molecule has 20 heavy (non-hydrogen) atoms. The highest BCUT2D eigenvalue weighted by Crippen LogP contribution is 2.25. The number of hydrogen-bond donors (Lipinski definition) is 0. The van der Waals surface area contributed by atoms with Crippen molar-refractivity contribution in [3.63, 3.8) is 0 Å². The molecule has 0 unspecified atom stereocenters. The van der Waals surface area contributed by atoms with E-state index in [1.54, 1.807) is 0 Å². The van der Waals surface area contributed by atoms with E-state index in [4.69, 9.17) is 0 Å². The predicted octanol–water partition coefficient (Wildman–Crippen LogP) is 7.22. The third kappa shape index (κ3) is 9.58. The number of rotatable bonds is 15. The van der Waals surface area contributed by atoms with Crippen molar-refractivity contribution in [3.05, 3.63) is 24.6 Å². The third-order valence-electron chi connectivity index (χ3n) is 4.55. The number of unbranched alkanes of at least 4 members (excludes halogenated alkanes) is 9. The summed E-state index contributed by atoms with van der Waals surface area (Å²) in [6.45, 7) is 12.8. The van der Waals surface area contributed by atoms with Crippen molar-refractivity contribution in [2.45, 2.75) is 96.6 Å². The molecule has 118 valence electrons. The van der Waals surface area contributed by atoms with Gasteiger partial charge in [-0.1, -0.05) is 108 Å². The Bertz CT molecular complexity index is 224. The van der Waals surface area contributed by atoms with Gasteiger partial charge in [-0.15, -0.1) is 13.2 Å². The van der Waals surface area contributed by atoms with E-state index in [0.29, 0.717) is 0 Å². The van der Waals surface area contributed by atoms with Crippen LogP contribution < -0.4 is 0 Å². The fraction of sp³-hybridized carbons (Fsp3) is 0.789. The van der Waals surface area contributed by atoms with Gasteiger partial charge in [0.15, 0.2) is 0 Å². The lowest BCUT2D eigenvalue weighted by Gasteiger charge is -2.24. The molecule has 0 N–H and O–H groups in total. The van der Waals surface area contributed by atoms with Crippen molar-refractivity contribution in [1.29, 1.82) is 0 Å². The molecule has 0 rings (SSSR count). The Kier molecular flexibility index (Phi) is 13.5. The highest BCUT2D eigenvalue weighted by Gasteiger charge is 2.24. The van der Waals surface area contributed by atoms with E-state index in [1.807, 2.05) is 0 Å². The Balaban J connectivity index is 3.86. The van der Waals surface area contributed by atoms with Gasteiger partial charge in [-0.3, -0.25) is 0 Å².